The number of aryl methyl sites for hydroxylation is 1. The second-order valence-electron chi connectivity index (χ2n) is 3.60. The molecule has 4 nitrogen and oxygen atoms in total. The molecule has 0 radical (unpaired) electrons. The summed E-state index contributed by atoms with van der Waals surface area (Å²) >= 11 is 7.28. The van der Waals surface area contributed by atoms with E-state index in [2.05, 4.69) is 17.0 Å². The molecule has 0 spiro atoms. The predicted octanol–water partition coefficient (Wildman–Crippen LogP) is 2.83. The second kappa shape index (κ2) is 5.42. The van der Waals surface area contributed by atoms with Crippen LogP contribution in [0.2, 0.25) is 5.02 Å². The van der Waals surface area contributed by atoms with Crippen LogP contribution in [0.3, 0.4) is 0 Å². The molecule has 0 aromatic carbocycles. The third-order valence-electron chi connectivity index (χ3n) is 2.32. The van der Waals surface area contributed by atoms with E-state index in [4.69, 9.17) is 11.6 Å². The molecule has 0 amide bonds. The van der Waals surface area contributed by atoms with Gasteiger partial charge < -0.3 is 0 Å². The van der Waals surface area contributed by atoms with Crippen LogP contribution >= 0.6 is 22.9 Å². The molecular weight excluding hydrogens is 258 g/mol. The summed E-state index contributed by atoms with van der Waals surface area (Å²) in [4.78, 5) is 16.7. The number of hydrogen-bond donors (Lipinski definition) is 0. The zero-order chi connectivity index (χ0) is 12.3. The van der Waals surface area contributed by atoms with Gasteiger partial charge in [-0.05, 0) is 17.9 Å². The fourth-order valence-corrected chi connectivity index (χ4v) is 2.64. The van der Waals surface area contributed by atoms with Gasteiger partial charge in [0.25, 0.3) is 0 Å². The molecule has 0 fully saturated rings. The van der Waals surface area contributed by atoms with Gasteiger partial charge in [-0.3, -0.25) is 4.79 Å². The smallest absolute Gasteiger partial charge is 0.181 e. The number of aromatic nitrogens is 3. The van der Waals surface area contributed by atoms with Gasteiger partial charge in [0, 0.05) is 6.54 Å². The maximum atomic E-state index is 12.0. The molecule has 90 valence electrons. The van der Waals surface area contributed by atoms with Gasteiger partial charge in [-0.1, -0.05) is 18.5 Å². The number of rotatable bonds is 5. The molecule has 2 rings (SSSR count). The van der Waals surface area contributed by atoms with Crippen LogP contribution in [0.5, 0.6) is 0 Å². The van der Waals surface area contributed by atoms with Crippen molar-refractivity contribution in [1.29, 1.82) is 0 Å². The molecule has 0 atom stereocenters. The summed E-state index contributed by atoms with van der Waals surface area (Å²) < 4.78 is 1.76. The number of halogens is 1. The van der Waals surface area contributed by atoms with Crippen LogP contribution in [0, 0.1) is 0 Å². The second-order valence-corrected chi connectivity index (χ2v) is 4.92. The highest BCUT2D eigenvalue weighted by Crippen LogP contribution is 2.23. The highest BCUT2D eigenvalue weighted by Gasteiger charge is 2.15. The van der Waals surface area contributed by atoms with Crippen molar-refractivity contribution in [2.45, 2.75) is 26.3 Å². The van der Waals surface area contributed by atoms with E-state index in [1.165, 1.54) is 17.7 Å². The number of Topliss-reactive ketones (excluding diaryl/α,β-unsaturated/α-hetero) is 1. The summed E-state index contributed by atoms with van der Waals surface area (Å²) in [6.45, 7) is 2.84. The normalized spacial score (nSPS) is 10.7. The van der Waals surface area contributed by atoms with Gasteiger partial charge in [-0.15, -0.1) is 11.3 Å². The summed E-state index contributed by atoms with van der Waals surface area (Å²) in [6, 6.07) is 1.73. The predicted molar refractivity (Wildman–Crippen MR) is 67.7 cm³/mol. The first-order valence-corrected chi connectivity index (χ1v) is 6.61. The van der Waals surface area contributed by atoms with Crippen LogP contribution in [0.15, 0.2) is 17.8 Å². The van der Waals surface area contributed by atoms with Crippen molar-refractivity contribution in [3.05, 3.63) is 33.5 Å². The summed E-state index contributed by atoms with van der Waals surface area (Å²) in [6.07, 6.45) is 2.69. The zero-order valence-corrected chi connectivity index (χ0v) is 11.0. The number of carbonyl (C=O) groups excluding carboxylic acids is 1. The maximum Gasteiger partial charge on any atom is 0.181 e. The minimum atomic E-state index is -0.00430. The highest BCUT2D eigenvalue weighted by atomic mass is 35.5. The van der Waals surface area contributed by atoms with Gasteiger partial charge in [0.1, 0.15) is 12.2 Å². The Labute approximate surface area is 108 Å². The van der Waals surface area contributed by atoms with Gasteiger partial charge in [0.05, 0.1) is 16.3 Å². The van der Waals surface area contributed by atoms with Crippen molar-refractivity contribution >= 4 is 28.7 Å². The molecule has 0 aliphatic rings. The Morgan fingerprint density at radius 3 is 3.06 bits per heavy atom. The lowest BCUT2D eigenvalue weighted by Crippen LogP contribution is -2.11. The molecule has 0 N–H and O–H groups in total. The first-order valence-electron chi connectivity index (χ1n) is 5.35. The molecule has 17 heavy (non-hydrogen) atoms. The Morgan fingerprint density at radius 1 is 1.59 bits per heavy atom. The quantitative estimate of drug-likeness (QED) is 0.784. The van der Waals surface area contributed by atoms with E-state index in [-0.39, 0.29) is 12.2 Å². The van der Waals surface area contributed by atoms with E-state index in [9.17, 15) is 4.79 Å². The van der Waals surface area contributed by atoms with Crippen LogP contribution in [-0.2, 0) is 13.0 Å². The lowest BCUT2D eigenvalue weighted by atomic mass is 10.2. The van der Waals surface area contributed by atoms with E-state index in [0.29, 0.717) is 15.7 Å². The fourth-order valence-electron chi connectivity index (χ4n) is 1.54. The van der Waals surface area contributed by atoms with Crippen LogP contribution in [0.1, 0.15) is 28.8 Å². The molecule has 0 aliphatic heterocycles. The number of hydrogen-bond acceptors (Lipinski definition) is 4. The molecule has 2 aromatic rings. The summed E-state index contributed by atoms with van der Waals surface area (Å²) in [5.41, 5.74) is 0. The Hall–Kier alpha value is -1.20. The SMILES string of the molecule is CCCn1ncnc1CC(=O)c1sccc1Cl. The molecule has 0 aliphatic carbocycles. The molecule has 6 heteroatoms. The Bertz CT molecular complexity index is 520. The van der Waals surface area contributed by atoms with E-state index in [1.54, 1.807) is 10.7 Å². The molecule has 0 unspecified atom stereocenters. The maximum absolute atomic E-state index is 12.0. The lowest BCUT2D eigenvalue weighted by molar-refractivity contribution is 0.0993. The van der Waals surface area contributed by atoms with E-state index in [1.807, 2.05) is 5.38 Å². The summed E-state index contributed by atoms with van der Waals surface area (Å²) in [5, 5.41) is 6.41. The van der Waals surface area contributed by atoms with Crippen molar-refractivity contribution in [2.24, 2.45) is 0 Å². The average Bonchev–Trinajstić information content (AvgIpc) is 2.89. The van der Waals surface area contributed by atoms with Crippen molar-refractivity contribution in [3.63, 3.8) is 0 Å². The van der Waals surface area contributed by atoms with Crippen LogP contribution in [0.25, 0.3) is 0 Å². The largest absolute Gasteiger partial charge is 0.293 e. The third-order valence-corrected chi connectivity index (χ3v) is 3.70. The van der Waals surface area contributed by atoms with E-state index >= 15 is 0 Å². The summed E-state index contributed by atoms with van der Waals surface area (Å²) in [5.74, 6) is 0.691. The van der Waals surface area contributed by atoms with Crippen molar-refractivity contribution < 1.29 is 4.79 Å². The molecule has 2 aromatic heterocycles. The monoisotopic (exact) mass is 269 g/mol. The fraction of sp³-hybridized carbons (Fsp3) is 0.364. The molecular formula is C11H12ClN3OS. The number of thiophene rings is 1. The summed E-state index contributed by atoms with van der Waals surface area (Å²) in [7, 11) is 0. The Morgan fingerprint density at radius 2 is 2.41 bits per heavy atom. The van der Waals surface area contributed by atoms with Crippen LogP contribution in [-0.4, -0.2) is 20.5 Å². The van der Waals surface area contributed by atoms with Gasteiger partial charge in [-0.25, -0.2) is 9.67 Å². The first kappa shape index (κ1) is 12.3. The van der Waals surface area contributed by atoms with Crippen molar-refractivity contribution in [2.75, 3.05) is 0 Å². The minimum Gasteiger partial charge on any atom is -0.293 e. The van der Waals surface area contributed by atoms with E-state index in [0.717, 1.165) is 13.0 Å². The van der Waals surface area contributed by atoms with Crippen molar-refractivity contribution in [3.8, 4) is 0 Å². The Kier molecular flexibility index (Phi) is 3.91. The molecule has 2 heterocycles. The average molecular weight is 270 g/mol. The molecule has 0 bridgehead atoms. The van der Waals surface area contributed by atoms with Gasteiger partial charge in [0.2, 0.25) is 0 Å². The highest BCUT2D eigenvalue weighted by molar-refractivity contribution is 7.12. The lowest BCUT2D eigenvalue weighted by Gasteiger charge is -2.03. The van der Waals surface area contributed by atoms with Gasteiger partial charge in [-0.2, -0.15) is 5.10 Å². The third kappa shape index (κ3) is 2.73. The molecule has 0 saturated carbocycles. The van der Waals surface area contributed by atoms with Crippen molar-refractivity contribution in [1.82, 2.24) is 14.8 Å². The Balaban J connectivity index is 2.13. The molecule has 0 saturated heterocycles. The van der Waals surface area contributed by atoms with Crippen LogP contribution in [0.4, 0.5) is 0 Å². The number of carbonyl (C=O) groups is 1. The number of ketones is 1. The van der Waals surface area contributed by atoms with Crippen LogP contribution < -0.4 is 0 Å². The number of nitrogens with zero attached hydrogens (tertiary/aromatic N) is 3. The van der Waals surface area contributed by atoms with E-state index < -0.39 is 0 Å². The standard InChI is InChI=1S/C11H12ClN3OS/c1-2-4-15-10(13-7-14-15)6-9(16)11-8(12)3-5-17-11/h3,5,7H,2,4,6H2,1H3. The van der Waals surface area contributed by atoms with Gasteiger partial charge >= 0.3 is 0 Å². The zero-order valence-electron chi connectivity index (χ0n) is 9.39. The van der Waals surface area contributed by atoms with Gasteiger partial charge in [0.15, 0.2) is 5.78 Å². The topological polar surface area (TPSA) is 47.8 Å². The first-order chi connectivity index (χ1) is 8.22. The minimum absolute atomic E-state index is 0.00430.